The van der Waals surface area contributed by atoms with Crippen LogP contribution in [-0.4, -0.2) is 49.0 Å². The van der Waals surface area contributed by atoms with E-state index in [0.29, 0.717) is 23.7 Å². The van der Waals surface area contributed by atoms with Gasteiger partial charge in [0, 0.05) is 18.9 Å². The Morgan fingerprint density at radius 2 is 1.71 bits per heavy atom. The first-order valence-corrected chi connectivity index (χ1v) is 10.8. The van der Waals surface area contributed by atoms with Gasteiger partial charge in [0.1, 0.15) is 6.10 Å². The van der Waals surface area contributed by atoms with Crippen molar-refractivity contribution in [1.82, 2.24) is 14.3 Å². The van der Waals surface area contributed by atoms with Crippen molar-refractivity contribution in [2.45, 2.75) is 50.0 Å². The van der Waals surface area contributed by atoms with Crippen LogP contribution in [0.1, 0.15) is 39.2 Å². The van der Waals surface area contributed by atoms with Crippen LogP contribution < -0.4 is 9.47 Å². The van der Waals surface area contributed by atoms with E-state index in [1.807, 2.05) is 12.1 Å². The monoisotopic (exact) mass is 405 g/mol. The van der Waals surface area contributed by atoms with Crippen molar-refractivity contribution < 1.29 is 17.9 Å². The zero-order valence-corrected chi connectivity index (χ0v) is 17.6. The summed E-state index contributed by atoms with van der Waals surface area (Å²) in [5.74, 6) is 0.573. The average Bonchev–Trinajstić information content (AvgIpc) is 2.68. The number of methoxy groups -OCH3 is 1. The fourth-order valence-electron chi connectivity index (χ4n) is 3.19. The highest BCUT2D eigenvalue weighted by atomic mass is 32.2. The number of nitrogens with zero attached hydrogens (tertiary/aromatic N) is 3. The van der Waals surface area contributed by atoms with Crippen LogP contribution in [0.15, 0.2) is 41.6 Å². The van der Waals surface area contributed by atoms with Crippen LogP contribution in [0.5, 0.6) is 11.8 Å². The quantitative estimate of drug-likeness (QED) is 0.761. The largest absolute Gasteiger partial charge is 0.477 e. The van der Waals surface area contributed by atoms with Crippen LogP contribution in [0, 0.1) is 0 Å². The first-order chi connectivity index (χ1) is 13.2. The molecule has 1 saturated heterocycles. The molecule has 1 aliphatic rings. The molecule has 2 aromatic rings. The predicted octanol–water partition coefficient (Wildman–Crippen LogP) is 3.01. The maximum absolute atomic E-state index is 13.1. The van der Waals surface area contributed by atoms with Gasteiger partial charge in [-0.3, -0.25) is 0 Å². The Kier molecular flexibility index (Phi) is 5.90. The molecule has 0 aliphatic carbocycles. The lowest BCUT2D eigenvalue weighted by atomic mass is 9.87. The van der Waals surface area contributed by atoms with Crippen LogP contribution in [0.3, 0.4) is 0 Å². The van der Waals surface area contributed by atoms with E-state index < -0.39 is 10.0 Å². The van der Waals surface area contributed by atoms with Crippen molar-refractivity contribution in [2.24, 2.45) is 0 Å². The summed E-state index contributed by atoms with van der Waals surface area (Å²) in [6, 6.07) is 7.14. The molecular weight excluding hydrogens is 378 g/mol. The maximum atomic E-state index is 13.1. The molecular formula is C20H27N3O4S. The van der Waals surface area contributed by atoms with E-state index in [0.717, 1.165) is 12.0 Å². The maximum Gasteiger partial charge on any atom is 0.278 e. The number of benzene rings is 1. The Morgan fingerprint density at radius 1 is 1.07 bits per heavy atom. The van der Waals surface area contributed by atoms with Crippen LogP contribution in [-0.2, 0) is 15.4 Å². The van der Waals surface area contributed by atoms with Gasteiger partial charge in [-0.1, -0.05) is 32.9 Å². The Balaban J connectivity index is 1.75. The van der Waals surface area contributed by atoms with Crippen molar-refractivity contribution >= 4 is 10.0 Å². The second-order valence-corrected chi connectivity index (χ2v) is 9.83. The molecule has 7 nitrogen and oxygen atoms in total. The average molecular weight is 406 g/mol. The molecule has 0 radical (unpaired) electrons. The minimum Gasteiger partial charge on any atom is -0.477 e. The second kappa shape index (κ2) is 8.05. The molecule has 1 unspecified atom stereocenters. The Morgan fingerprint density at radius 3 is 2.32 bits per heavy atom. The lowest BCUT2D eigenvalue weighted by Crippen LogP contribution is -2.44. The number of ether oxygens (including phenoxy) is 2. The van der Waals surface area contributed by atoms with Crippen molar-refractivity contribution in [2.75, 3.05) is 20.2 Å². The number of hydrogen-bond donors (Lipinski definition) is 0. The highest BCUT2D eigenvalue weighted by Crippen LogP contribution is 2.28. The third-order valence-corrected chi connectivity index (χ3v) is 6.68. The Bertz CT molecular complexity index is 908. The van der Waals surface area contributed by atoms with Gasteiger partial charge in [-0.05, 0) is 36.0 Å². The summed E-state index contributed by atoms with van der Waals surface area (Å²) in [5.41, 5.74) is 1.07. The molecule has 1 aliphatic heterocycles. The van der Waals surface area contributed by atoms with Crippen molar-refractivity contribution in [3.63, 3.8) is 0 Å². The van der Waals surface area contributed by atoms with Gasteiger partial charge in [0.15, 0.2) is 0 Å². The predicted molar refractivity (Wildman–Crippen MR) is 106 cm³/mol. The zero-order chi connectivity index (χ0) is 20.4. The molecule has 3 rings (SSSR count). The van der Waals surface area contributed by atoms with Gasteiger partial charge >= 0.3 is 0 Å². The second-order valence-electron chi connectivity index (χ2n) is 7.89. The van der Waals surface area contributed by atoms with Gasteiger partial charge in [0.2, 0.25) is 10.0 Å². The zero-order valence-electron chi connectivity index (χ0n) is 16.8. The highest BCUT2D eigenvalue weighted by Gasteiger charge is 2.32. The fraction of sp³-hybridized carbons (Fsp3) is 0.500. The lowest BCUT2D eigenvalue weighted by molar-refractivity contribution is 0.119. The first-order valence-electron chi connectivity index (χ1n) is 9.34. The SMILES string of the molecule is COc1nccnc1OC1CCCN(S(=O)(=O)c2ccc(C(C)(C)C)cc2)C1. The van der Waals surface area contributed by atoms with E-state index in [2.05, 4.69) is 30.7 Å². The summed E-state index contributed by atoms with van der Waals surface area (Å²) in [6.07, 6.45) is 4.20. The molecule has 0 spiro atoms. The van der Waals surface area contributed by atoms with Gasteiger partial charge in [-0.15, -0.1) is 0 Å². The van der Waals surface area contributed by atoms with E-state index in [-0.39, 0.29) is 23.9 Å². The summed E-state index contributed by atoms with van der Waals surface area (Å²) in [4.78, 5) is 8.51. The Hall–Kier alpha value is -2.19. The molecule has 0 amide bonds. The van der Waals surface area contributed by atoms with E-state index in [9.17, 15) is 8.42 Å². The smallest absolute Gasteiger partial charge is 0.278 e. The number of rotatable bonds is 5. The van der Waals surface area contributed by atoms with Gasteiger partial charge < -0.3 is 9.47 Å². The normalized spacial score (nSPS) is 18.6. The van der Waals surface area contributed by atoms with E-state index >= 15 is 0 Å². The molecule has 0 N–H and O–H groups in total. The van der Waals surface area contributed by atoms with Gasteiger partial charge in [0.25, 0.3) is 11.8 Å². The topological polar surface area (TPSA) is 81.6 Å². The van der Waals surface area contributed by atoms with Gasteiger partial charge in [-0.25, -0.2) is 18.4 Å². The van der Waals surface area contributed by atoms with Crippen molar-refractivity contribution in [1.29, 1.82) is 0 Å². The minimum atomic E-state index is -3.58. The number of aromatic nitrogens is 2. The number of hydrogen-bond acceptors (Lipinski definition) is 6. The number of sulfonamides is 1. The number of piperidine rings is 1. The van der Waals surface area contributed by atoms with E-state index in [1.54, 1.807) is 12.1 Å². The van der Waals surface area contributed by atoms with Crippen LogP contribution in [0.2, 0.25) is 0 Å². The van der Waals surface area contributed by atoms with Crippen LogP contribution >= 0.6 is 0 Å². The molecule has 0 bridgehead atoms. The molecule has 2 heterocycles. The summed E-state index contributed by atoms with van der Waals surface area (Å²) < 4.78 is 38.7. The van der Waals surface area contributed by atoms with Crippen molar-refractivity contribution in [3.8, 4) is 11.8 Å². The summed E-state index contributed by atoms with van der Waals surface area (Å²) >= 11 is 0. The Labute approximate surface area is 166 Å². The molecule has 1 fully saturated rings. The van der Waals surface area contributed by atoms with Crippen LogP contribution in [0.25, 0.3) is 0 Å². The van der Waals surface area contributed by atoms with Crippen LogP contribution in [0.4, 0.5) is 0 Å². The first kappa shape index (κ1) is 20.5. The van der Waals surface area contributed by atoms with Gasteiger partial charge in [0.05, 0.1) is 18.6 Å². The molecule has 1 aromatic heterocycles. The summed E-state index contributed by atoms with van der Waals surface area (Å²) in [6.45, 7) is 7.04. The van der Waals surface area contributed by atoms with E-state index in [1.165, 1.54) is 23.8 Å². The standard InChI is InChI=1S/C20H27N3O4S/c1-20(2,3)15-7-9-17(10-8-15)28(24,25)23-13-5-6-16(14-23)27-19-18(26-4)21-11-12-22-19/h7-12,16H,5-6,13-14H2,1-4H3. The summed E-state index contributed by atoms with van der Waals surface area (Å²) in [5, 5.41) is 0. The highest BCUT2D eigenvalue weighted by molar-refractivity contribution is 7.89. The molecule has 0 saturated carbocycles. The van der Waals surface area contributed by atoms with E-state index in [4.69, 9.17) is 9.47 Å². The molecule has 1 aromatic carbocycles. The molecule has 152 valence electrons. The fourth-order valence-corrected chi connectivity index (χ4v) is 4.70. The lowest BCUT2D eigenvalue weighted by Gasteiger charge is -2.32. The minimum absolute atomic E-state index is 0.0257. The molecule has 28 heavy (non-hydrogen) atoms. The van der Waals surface area contributed by atoms with Crippen molar-refractivity contribution in [3.05, 3.63) is 42.2 Å². The third kappa shape index (κ3) is 4.44. The van der Waals surface area contributed by atoms with Gasteiger partial charge in [-0.2, -0.15) is 4.31 Å². The molecule has 8 heteroatoms. The molecule has 1 atom stereocenters. The third-order valence-electron chi connectivity index (χ3n) is 4.80. The summed E-state index contributed by atoms with van der Waals surface area (Å²) in [7, 11) is -2.08.